The molecule has 6 heteroatoms. The molecule has 1 N–H and O–H groups in total. The van der Waals surface area contributed by atoms with Gasteiger partial charge in [0.15, 0.2) is 0 Å². The normalized spacial score (nSPS) is 26.5. The van der Waals surface area contributed by atoms with E-state index in [0.717, 1.165) is 24.5 Å². The van der Waals surface area contributed by atoms with Crippen molar-refractivity contribution in [2.24, 2.45) is 0 Å². The van der Waals surface area contributed by atoms with Crippen LogP contribution in [0.1, 0.15) is 51.6 Å². The van der Waals surface area contributed by atoms with Crippen LogP contribution in [0, 0.1) is 6.92 Å². The molecule has 3 rings (SSSR count). The summed E-state index contributed by atoms with van der Waals surface area (Å²) in [6.07, 6.45) is 0. The van der Waals surface area contributed by atoms with Crippen LogP contribution in [0.4, 0.5) is 4.79 Å². The number of aryl methyl sites for hydroxylation is 1. The van der Waals surface area contributed by atoms with Crippen LogP contribution in [0.3, 0.4) is 0 Å². The number of likely N-dealkylation sites (N-methyl/N-ethyl adjacent to an activating group) is 1. The fourth-order valence-corrected chi connectivity index (χ4v) is 3.80. The first-order chi connectivity index (χ1) is 10.6. The van der Waals surface area contributed by atoms with Crippen LogP contribution >= 0.6 is 0 Å². The number of urea groups is 1. The van der Waals surface area contributed by atoms with Gasteiger partial charge >= 0.3 is 6.03 Å². The smallest absolute Gasteiger partial charge is 0.319 e. The SMILES string of the molecule is Cc1n[nH]c2c1CN(C(=O)N1CC(C)(C)N(C)C[C@@H]1C)C2(C)C. The monoisotopic (exact) mass is 319 g/mol. The number of H-pyrrole nitrogens is 1. The molecule has 2 aliphatic rings. The number of piperazine rings is 1. The van der Waals surface area contributed by atoms with Gasteiger partial charge in [-0.2, -0.15) is 5.10 Å². The molecule has 1 fully saturated rings. The Bertz CT molecular complexity index is 633. The van der Waals surface area contributed by atoms with E-state index < -0.39 is 0 Å². The number of hydrogen-bond acceptors (Lipinski definition) is 3. The molecule has 1 aromatic rings. The second-order valence-corrected chi connectivity index (χ2v) is 8.26. The number of nitrogens with zero attached hydrogens (tertiary/aromatic N) is 4. The lowest BCUT2D eigenvalue weighted by Gasteiger charge is -2.50. The van der Waals surface area contributed by atoms with E-state index in [0.29, 0.717) is 6.54 Å². The van der Waals surface area contributed by atoms with Crippen molar-refractivity contribution in [2.75, 3.05) is 20.1 Å². The fraction of sp³-hybridized carbons (Fsp3) is 0.765. The second kappa shape index (κ2) is 4.97. The maximum absolute atomic E-state index is 13.3. The second-order valence-electron chi connectivity index (χ2n) is 8.26. The van der Waals surface area contributed by atoms with E-state index in [1.54, 1.807) is 0 Å². The third-order valence-corrected chi connectivity index (χ3v) is 5.81. The summed E-state index contributed by atoms with van der Waals surface area (Å²) in [5.74, 6) is 0. The summed E-state index contributed by atoms with van der Waals surface area (Å²) in [5, 5.41) is 7.43. The van der Waals surface area contributed by atoms with Gasteiger partial charge in [-0.25, -0.2) is 4.79 Å². The van der Waals surface area contributed by atoms with E-state index in [1.165, 1.54) is 5.56 Å². The molecule has 0 aliphatic carbocycles. The summed E-state index contributed by atoms with van der Waals surface area (Å²) >= 11 is 0. The van der Waals surface area contributed by atoms with Crippen LogP contribution in [0.25, 0.3) is 0 Å². The standard InChI is InChI=1S/C17H29N5O/c1-11-8-20(7)16(3,4)10-21(11)15(23)22-9-13-12(2)18-19-14(13)17(22,5)6/h11H,8-10H2,1-7H3,(H,18,19)/t11-/m0/s1. The minimum atomic E-state index is -0.346. The molecule has 1 aromatic heterocycles. The Balaban J connectivity index is 1.87. The van der Waals surface area contributed by atoms with Gasteiger partial charge in [0.05, 0.1) is 23.5 Å². The average molecular weight is 319 g/mol. The molecular formula is C17H29N5O. The summed E-state index contributed by atoms with van der Waals surface area (Å²) < 4.78 is 0. The molecule has 0 aromatic carbocycles. The van der Waals surface area contributed by atoms with Crippen LogP contribution in [-0.4, -0.2) is 62.6 Å². The average Bonchev–Trinajstić information content (AvgIpc) is 2.93. The van der Waals surface area contributed by atoms with Gasteiger partial charge in [0.25, 0.3) is 0 Å². The number of fused-ring (bicyclic) bond motifs is 1. The molecule has 6 nitrogen and oxygen atoms in total. The van der Waals surface area contributed by atoms with Gasteiger partial charge in [-0.1, -0.05) is 0 Å². The highest BCUT2D eigenvalue weighted by molar-refractivity contribution is 5.77. The Kier molecular flexibility index (Phi) is 3.52. The first-order valence-corrected chi connectivity index (χ1v) is 8.39. The number of aromatic nitrogens is 2. The summed E-state index contributed by atoms with van der Waals surface area (Å²) in [6.45, 7) is 15.0. The summed E-state index contributed by atoms with van der Waals surface area (Å²) in [7, 11) is 2.14. The maximum Gasteiger partial charge on any atom is 0.321 e. The number of rotatable bonds is 0. The molecule has 0 radical (unpaired) electrons. The lowest BCUT2D eigenvalue weighted by molar-refractivity contribution is 0.00692. The maximum atomic E-state index is 13.3. The number of aromatic amines is 1. The molecule has 128 valence electrons. The lowest BCUT2D eigenvalue weighted by Crippen LogP contribution is -2.65. The van der Waals surface area contributed by atoms with Crippen LogP contribution < -0.4 is 0 Å². The number of nitrogens with one attached hydrogen (secondary N) is 1. The largest absolute Gasteiger partial charge is 0.321 e. The van der Waals surface area contributed by atoms with Crippen LogP contribution in [0.5, 0.6) is 0 Å². The summed E-state index contributed by atoms with van der Waals surface area (Å²) in [6, 6.07) is 0.349. The minimum absolute atomic E-state index is 0.00216. The van der Waals surface area contributed by atoms with Gasteiger partial charge < -0.3 is 9.80 Å². The van der Waals surface area contributed by atoms with Crippen molar-refractivity contribution in [3.8, 4) is 0 Å². The molecule has 0 saturated carbocycles. The van der Waals surface area contributed by atoms with Crippen LogP contribution in [0.15, 0.2) is 0 Å². The highest BCUT2D eigenvalue weighted by Gasteiger charge is 2.47. The molecule has 1 atom stereocenters. The Morgan fingerprint density at radius 1 is 1.30 bits per heavy atom. The Labute approximate surface area is 138 Å². The fourth-order valence-electron chi connectivity index (χ4n) is 3.80. The number of carbonyl (C=O) groups is 1. The summed E-state index contributed by atoms with van der Waals surface area (Å²) in [5.41, 5.74) is 2.89. The highest BCUT2D eigenvalue weighted by Crippen LogP contribution is 2.40. The molecule has 3 heterocycles. The van der Waals surface area contributed by atoms with Crippen molar-refractivity contribution >= 4 is 6.03 Å². The van der Waals surface area contributed by atoms with Crippen LogP contribution in [0.2, 0.25) is 0 Å². The Hall–Kier alpha value is -1.56. The molecule has 2 aliphatic heterocycles. The number of carbonyl (C=O) groups excluding carboxylic acids is 1. The van der Waals surface area contributed by atoms with E-state index in [4.69, 9.17) is 0 Å². The van der Waals surface area contributed by atoms with E-state index in [9.17, 15) is 4.79 Å². The van der Waals surface area contributed by atoms with Crippen molar-refractivity contribution in [1.29, 1.82) is 0 Å². The molecule has 0 bridgehead atoms. The van der Waals surface area contributed by atoms with Crippen molar-refractivity contribution in [2.45, 2.75) is 65.2 Å². The minimum Gasteiger partial charge on any atom is -0.319 e. The molecule has 0 unspecified atom stereocenters. The third kappa shape index (κ3) is 2.35. The van der Waals surface area contributed by atoms with Crippen molar-refractivity contribution in [3.63, 3.8) is 0 Å². The molecule has 2 amide bonds. The van der Waals surface area contributed by atoms with Gasteiger partial charge in [-0.05, 0) is 48.6 Å². The first kappa shape index (κ1) is 16.3. The number of hydrogen-bond donors (Lipinski definition) is 1. The zero-order valence-electron chi connectivity index (χ0n) is 15.4. The Morgan fingerprint density at radius 3 is 2.57 bits per heavy atom. The van der Waals surface area contributed by atoms with Crippen molar-refractivity contribution in [1.82, 2.24) is 24.9 Å². The van der Waals surface area contributed by atoms with Crippen LogP contribution in [-0.2, 0) is 12.1 Å². The molecular weight excluding hydrogens is 290 g/mol. The first-order valence-electron chi connectivity index (χ1n) is 8.39. The predicted octanol–water partition coefficient (Wildman–Crippen LogP) is 2.30. The third-order valence-electron chi connectivity index (χ3n) is 5.81. The Morgan fingerprint density at radius 2 is 1.96 bits per heavy atom. The van der Waals surface area contributed by atoms with E-state index in [-0.39, 0.29) is 23.2 Å². The predicted molar refractivity (Wildman–Crippen MR) is 90.2 cm³/mol. The van der Waals surface area contributed by atoms with E-state index in [1.807, 2.05) is 16.7 Å². The van der Waals surface area contributed by atoms with Crippen molar-refractivity contribution in [3.05, 3.63) is 17.0 Å². The van der Waals surface area contributed by atoms with Gasteiger partial charge in [0, 0.05) is 30.2 Å². The topological polar surface area (TPSA) is 55.5 Å². The van der Waals surface area contributed by atoms with Gasteiger partial charge in [-0.15, -0.1) is 0 Å². The number of amides is 2. The van der Waals surface area contributed by atoms with Crippen molar-refractivity contribution < 1.29 is 4.79 Å². The van der Waals surface area contributed by atoms with E-state index in [2.05, 4.69) is 56.8 Å². The molecule has 1 saturated heterocycles. The van der Waals surface area contributed by atoms with Gasteiger partial charge in [-0.3, -0.25) is 10.00 Å². The van der Waals surface area contributed by atoms with E-state index >= 15 is 0 Å². The van der Waals surface area contributed by atoms with Gasteiger partial charge in [0.1, 0.15) is 0 Å². The molecule has 0 spiro atoms. The zero-order chi connectivity index (χ0) is 17.2. The zero-order valence-corrected chi connectivity index (χ0v) is 15.4. The summed E-state index contributed by atoms with van der Waals surface area (Å²) in [4.78, 5) is 19.7. The quantitative estimate of drug-likeness (QED) is 0.798. The highest BCUT2D eigenvalue weighted by atomic mass is 16.2. The molecule has 23 heavy (non-hydrogen) atoms. The lowest BCUT2D eigenvalue weighted by atomic mass is 9.96. The van der Waals surface area contributed by atoms with Gasteiger partial charge in [0.2, 0.25) is 0 Å².